The molecule has 180 valence electrons. The van der Waals surface area contributed by atoms with E-state index in [2.05, 4.69) is 5.32 Å². The first-order valence-corrected chi connectivity index (χ1v) is 10.6. The van der Waals surface area contributed by atoms with Crippen molar-refractivity contribution in [3.63, 3.8) is 0 Å². The Labute approximate surface area is 193 Å². The van der Waals surface area contributed by atoms with E-state index in [0.717, 1.165) is 6.07 Å². The fourth-order valence-electron chi connectivity index (χ4n) is 3.93. The number of Topliss-reactive ketones (excluding diaryl/α,β-unsaturated/α-hetero) is 1. The summed E-state index contributed by atoms with van der Waals surface area (Å²) in [4.78, 5) is 40.4. The van der Waals surface area contributed by atoms with Gasteiger partial charge in [0.25, 0.3) is 5.91 Å². The molecule has 1 fully saturated rings. The van der Waals surface area contributed by atoms with Crippen LogP contribution in [0.25, 0.3) is 0 Å². The Hall–Kier alpha value is -3.60. The quantitative estimate of drug-likeness (QED) is 0.667. The van der Waals surface area contributed by atoms with Gasteiger partial charge in [0.15, 0.2) is 17.3 Å². The maximum Gasteiger partial charge on any atom is 0.417 e. The summed E-state index contributed by atoms with van der Waals surface area (Å²) in [7, 11) is 0. The Kier molecular flexibility index (Phi) is 6.47. The first kappa shape index (κ1) is 23.6. The van der Waals surface area contributed by atoms with E-state index >= 15 is 0 Å². The second-order valence-electron chi connectivity index (χ2n) is 7.97. The van der Waals surface area contributed by atoms with Gasteiger partial charge in [-0.2, -0.15) is 13.2 Å². The second kappa shape index (κ2) is 9.34. The van der Waals surface area contributed by atoms with Crippen molar-refractivity contribution >= 4 is 23.3 Å². The summed E-state index contributed by atoms with van der Waals surface area (Å²) in [5.41, 5.74) is -0.761. The van der Waals surface area contributed by atoms with Gasteiger partial charge in [-0.25, -0.2) is 0 Å². The molecule has 0 atom stereocenters. The van der Waals surface area contributed by atoms with Gasteiger partial charge in [0, 0.05) is 37.8 Å². The molecule has 0 aromatic heterocycles. The van der Waals surface area contributed by atoms with Gasteiger partial charge in [-0.1, -0.05) is 12.1 Å². The van der Waals surface area contributed by atoms with E-state index in [0.29, 0.717) is 30.3 Å². The first-order valence-electron chi connectivity index (χ1n) is 10.6. The lowest BCUT2D eigenvalue weighted by Gasteiger charge is -2.34. The predicted octanol–water partition coefficient (Wildman–Crippen LogP) is 3.03. The maximum atomic E-state index is 13.3. The molecule has 0 unspecified atom stereocenters. The lowest BCUT2D eigenvalue weighted by atomic mass is 10.1. The molecule has 0 saturated carbocycles. The normalized spacial score (nSPS) is 15.8. The summed E-state index contributed by atoms with van der Waals surface area (Å²) in [6.45, 7) is 2.39. The number of hydrogen-bond acceptors (Lipinski definition) is 6. The molecule has 0 radical (unpaired) electrons. The van der Waals surface area contributed by atoms with Crippen LogP contribution in [-0.4, -0.2) is 66.9 Å². The number of hydrogen-bond donors (Lipinski definition) is 1. The van der Waals surface area contributed by atoms with Gasteiger partial charge in [0.05, 0.1) is 23.4 Å². The first-order chi connectivity index (χ1) is 16.1. The molecule has 2 aliphatic heterocycles. The third-order valence-corrected chi connectivity index (χ3v) is 5.66. The molecule has 8 nitrogen and oxygen atoms in total. The summed E-state index contributed by atoms with van der Waals surface area (Å²) in [6, 6.07) is 7.75. The van der Waals surface area contributed by atoms with E-state index in [1.165, 1.54) is 42.2 Å². The zero-order chi connectivity index (χ0) is 24.5. The van der Waals surface area contributed by atoms with Crippen molar-refractivity contribution < 1.29 is 37.0 Å². The molecular weight excluding hydrogens is 455 g/mol. The zero-order valence-electron chi connectivity index (χ0n) is 18.3. The molecule has 1 N–H and O–H groups in total. The summed E-state index contributed by atoms with van der Waals surface area (Å²) < 4.78 is 50.3. The topological polar surface area (TPSA) is 88.2 Å². The van der Waals surface area contributed by atoms with Crippen molar-refractivity contribution in [2.24, 2.45) is 0 Å². The van der Waals surface area contributed by atoms with Crippen LogP contribution in [0.5, 0.6) is 11.5 Å². The summed E-state index contributed by atoms with van der Waals surface area (Å²) in [5.74, 6) is -0.463. The van der Waals surface area contributed by atoms with Gasteiger partial charge in [-0.05, 0) is 25.1 Å². The number of rotatable bonds is 5. The van der Waals surface area contributed by atoms with Crippen molar-refractivity contribution in [1.29, 1.82) is 0 Å². The standard InChI is InChI=1S/C23H22F3N3O5/c1-14(30)16-10-19-20(34-13-33-19)11-18(16)27-21(31)12-28-6-8-29(9-7-28)22(32)15-4-2-3-5-17(15)23(24,25)26/h2-5,10-11H,6-9,12-13H2,1H3,(H,27,31). The molecule has 0 spiro atoms. The third kappa shape index (κ3) is 4.98. The van der Waals surface area contributed by atoms with Gasteiger partial charge in [-0.3, -0.25) is 19.3 Å². The van der Waals surface area contributed by atoms with Crippen molar-refractivity contribution in [3.05, 3.63) is 53.1 Å². The van der Waals surface area contributed by atoms with Gasteiger partial charge < -0.3 is 19.7 Å². The number of benzene rings is 2. The van der Waals surface area contributed by atoms with Gasteiger partial charge in [0.1, 0.15) is 0 Å². The Balaban J connectivity index is 1.36. The van der Waals surface area contributed by atoms with Crippen LogP contribution in [0.15, 0.2) is 36.4 Å². The average molecular weight is 477 g/mol. The van der Waals surface area contributed by atoms with E-state index in [4.69, 9.17) is 9.47 Å². The van der Waals surface area contributed by atoms with Crippen LogP contribution in [-0.2, 0) is 11.0 Å². The molecule has 1 saturated heterocycles. The summed E-state index contributed by atoms with van der Waals surface area (Å²) >= 11 is 0. The number of carbonyl (C=O) groups excluding carboxylic acids is 3. The number of amides is 2. The van der Waals surface area contributed by atoms with Crippen LogP contribution in [0.3, 0.4) is 0 Å². The van der Waals surface area contributed by atoms with E-state index in [1.54, 1.807) is 4.90 Å². The van der Waals surface area contributed by atoms with Gasteiger partial charge >= 0.3 is 6.18 Å². The van der Waals surface area contributed by atoms with Crippen molar-refractivity contribution in [2.75, 3.05) is 44.8 Å². The highest BCUT2D eigenvalue weighted by molar-refractivity contribution is 6.05. The lowest BCUT2D eigenvalue weighted by molar-refractivity contribution is -0.138. The highest BCUT2D eigenvalue weighted by atomic mass is 19.4. The molecule has 2 aromatic rings. The molecule has 34 heavy (non-hydrogen) atoms. The number of carbonyl (C=O) groups is 3. The summed E-state index contributed by atoms with van der Waals surface area (Å²) in [5, 5.41) is 2.71. The molecule has 2 aromatic carbocycles. The van der Waals surface area contributed by atoms with E-state index < -0.39 is 17.6 Å². The molecular formula is C23H22F3N3O5. The fourth-order valence-corrected chi connectivity index (χ4v) is 3.93. The van der Waals surface area contributed by atoms with E-state index in [-0.39, 0.29) is 49.2 Å². The highest BCUT2D eigenvalue weighted by Gasteiger charge is 2.36. The monoisotopic (exact) mass is 477 g/mol. The number of alkyl halides is 3. The van der Waals surface area contributed by atoms with Crippen LogP contribution in [0.2, 0.25) is 0 Å². The number of ketones is 1. The minimum Gasteiger partial charge on any atom is -0.454 e. The van der Waals surface area contributed by atoms with Crippen molar-refractivity contribution in [1.82, 2.24) is 9.80 Å². The SMILES string of the molecule is CC(=O)c1cc2c(cc1NC(=O)CN1CCN(C(=O)c3ccccc3C(F)(F)F)CC1)OCO2. The minimum absolute atomic E-state index is 0.00699. The Bertz CT molecular complexity index is 1130. The molecule has 2 amide bonds. The summed E-state index contributed by atoms with van der Waals surface area (Å²) in [6.07, 6.45) is -4.63. The predicted molar refractivity (Wildman–Crippen MR) is 115 cm³/mol. The second-order valence-corrected chi connectivity index (χ2v) is 7.97. The smallest absolute Gasteiger partial charge is 0.417 e. The van der Waals surface area contributed by atoms with Crippen LogP contribution in [0.4, 0.5) is 18.9 Å². The fraction of sp³-hybridized carbons (Fsp3) is 0.348. The van der Waals surface area contributed by atoms with Gasteiger partial charge in [0.2, 0.25) is 12.7 Å². The highest BCUT2D eigenvalue weighted by Crippen LogP contribution is 2.37. The molecule has 4 rings (SSSR count). The number of halogens is 3. The maximum absolute atomic E-state index is 13.3. The van der Waals surface area contributed by atoms with E-state index in [1.807, 2.05) is 0 Å². The average Bonchev–Trinajstić information content (AvgIpc) is 3.25. The third-order valence-electron chi connectivity index (χ3n) is 5.66. The molecule has 2 aliphatic rings. The number of ether oxygens (including phenoxy) is 2. The molecule has 0 aliphatic carbocycles. The number of nitrogens with zero attached hydrogens (tertiary/aromatic N) is 2. The number of piperazine rings is 1. The Morgan fingerprint density at radius 1 is 0.971 bits per heavy atom. The van der Waals surface area contributed by atoms with Crippen molar-refractivity contribution in [2.45, 2.75) is 13.1 Å². The van der Waals surface area contributed by atoms with Crippen LogP contribution in [0, 0.1) is 0 Å². The number of nitrogens with one attached hydrogen (secondary N) is 1. The molecule has 0 bridgehead atoms. The van der Waals surface area contributed by atoms with E-state index in [9.17, 15) is 27.6 Å². The minimum atomic E-state index is -4.63. The number of fused-ring (bicyclic) bond motifs is 1. The molecule has 2 heterocycles. The lowest BCUT2D eigenvalue weighted by Crippen LogP contribution is -2.50. The zero-order valence-corrected chi connectivity index (χ0v) is 18.3. The Morgan fingerprint density at radius 3 is 2.26 bits per heavy atom. The number of anilines is 1. The van der Waals surface area contributed by atoms with Crippen LogP contribution in [0.1, 0.15) is 33.2 Å². The van der Waals surface area contributed by atoms with Gasteiger partial charge in [-0.15, -0.1) is 0 Å². The van der Waals surface area contributed by atoms with Crippen molar-refractivity contribution in [3.8, 4) is 11.5 Å². The largest absolute Gasteiger partial charge is 0.454 e. The Morgan fingerprint density at radius 2 is 1.62 bits per heavy atom. The molecule has 11 heteroatoms. The van der Waals surface area contributed by atoms with Crippen LogP contribution < -0.4 is 14.8 Å². The van der Waals surface area contributed by atoms with Crippen LogP contribution >= 0.6 is 0 Å².